The van der Waals surface area contributed by atoms with Crippen molar-refractivity contribution in [2.75, 3.05) is 6.26 Å². The fraction of sp³-hybridized carbons (Fsp3) is 0.125. The van der Waals surface area contributed by atoms with Gasteiger partial charge in [0.2, 0.25) is 5.88 Å². The molecule has 0 saturated carbocycles. The predicted molar refractivity (Wildman–Crippen MR) is 54.3 cm³/mol. The molecule has 2 aromatic heterocycles. The summed E-state index contributed by atoms with van der Waals surface area (Å²) in [5.74, 6) is 0.120. The van der Waals surface area contributed by atoms with E-state index in [2.05, 4.69) is 4.98 Å². The van der Waals surface area contributed by atoms with Crippen LogP contribution in [0.2, 0.25) is 0 Å². The minimum Gasteiger partial charge on any atom is -0.384 e. The van der Waals surface area contributed by atoms with E-state index < -0.39 is 4.92 Å². The first-order valence-corrected chi connectivity index (χ1v) is 5.27. The van der Waals surface area contributed by atoms with E-state index in [9.17, 15) is 10.1 Å². The van der Waals surface area contributed by atoms with Crippen molar-refractivity contribution in [2.45, 2.75) is 5.16 Å². The monoisotopic (exact) mass is 225 g/mol. The maximum atomic E-state index is 10.4. The van der Waals surface area contributed by atoms with Gasteiger partial charge in [-0.3, -0.25) is 14.7 Å². The van der Waals surface area contributed by atoms with Crippen molar-refractivity contribution >= 4 is 17.6 Å². The standard InChI is InChI=1S/C8H7N3O3S/c1-15-8-9-4-5-10(8)6-2-3-7(14-6)11(12)13/h2-5H,1H3. The fourth-order valence-electron chi connectivity index (χ4n) is 1.15. The molecule has 2 heterocycles. The van der Waals surface area contributed by atoms with Crippen molar-refractivity contribution in [3.63, 3.8) is 0 Å². The lowest BCUT2D eigenvalue weighted by Gasteiger charge is -1.99. The highest BCUT2D eigenvalue weighted by Crippen LogP contribution is 2.23. The predicted octanol–water partition coefficient (Wildman–Crippen LogP) is 2.10. The topological polar surface area (TPSA) is 74.1 Å². The molecule has 78 valence electrons. The molecule has 0 aromatic carbocycles. The highest BCUT2D eigenvalue weighted by atomic mass is 32.2. The first-order chi connectivity index (χ1) is 7.22. The molecule has 0 aliphatic rings. The van der Waals surface area contributed by atoms with Crippen LogP contribution >= 0.6 is 11.8 Å². The van der Waals surface area contributed by atoms with Crippen LogP contribution in [0.25, 0.3) is 5.88 Å². The number of thioether (sulfide) groups is 1. The van der Waals surface area contributed by atoms with Crippen LogP contribution in [0, 0.1) is 10.1 Å². The van der Waals surface area contributed by atoms with Gasteiger partial charge in [-0.15, -0.1) is 0 Å². The number of aromatic nitrogens is 2. The number of imidazole rings is 1. The molecule has 0 amide bonds. The summed E-state index contributed by atoms with van der Waals surface area (Å²) in [6, 6.07) is 2.86. The molecule has 0 unspecified atom stereocenters. The molecule has 0 saturated heterocycles. The van der Waals surface area contributed by atoms with Gasteiger partial charge in [0.05, 0.1) is 6.07 Å². The van der Waals surface area contributed by atoms with E-state index >= 15 is 0 Å². The van der Waals surface area contributed by atoms with E-state index in [1.165, 1.54) is 17.8 Å². The van der Waals surface area contributed by atoms with E-state index in [1.54, 1.807) is 23.0 Å². The van der Waals surface area contributed by atoms with Gasteiger partial charge < -0.3 is 4.42 Å². The average molecular weight is 225 g/mol. The molecule has 15 heavy (non-hydrogen) atoms. The number of rotatable bonds is 3. The molecular weight excluding hydrogens is 218 g/mol. The van der Waals surface area contributed by atoms with Gasteiger partial charge in [0, 0.05) is 18.5 Å². The molecule has 0 spiro atoms. The Balaban J connectivity index is 2.41. The molecule has 0 radical (unpaired) electrons. The maximum Gasteiger partial charge on any atom is 0.434 e. The smallest absolute Gasteiger partial charge is 0.384 e. The second-order valence-electron chi connectivity index (χ2n) is 2.65. The Labute approximate surface area is 89.1 Å². The second-order valence-corrected chi connectivity index (χ2v) is 3.43. The number of furan rings is 1. The summed E-state index contributed by atoms with van der Waals surface area (Å²) in [6.07, 6.45) is 5.17. The van der Waals surface area contributed by atoms with Crippen LogP contribution in [-0.2, 0) is 0 Å². The summed E-state index contributed by atoms with van der Waals surface area (Å²) in [7, 11) is 0. The summed E-state index contributed by atoms with van der Waals surface area (Å²) in [5, 5.41) is 11.1. The van der Waals surface area contributed by atoms with E-state index in [4.69, 9.17) is 4.42 Å². The lowest BCUT2D eigenvalue weighted by molar-refractivity contribution is -0.402. The van der Waals surface area contributed by atoms with Crippen molar-refractivity contribution < 1.29 is 9.34 Å². The van der Waals surface area contributed by atoms with Crippen molar-refractivity contribution in [2.24, 2.45) is 0 Å². The Morgan fingerprint density at radius 1 is 1.60 bits per heavy atom. The molecule has 0 aliphatic carbocycles. The van der Waals surface area contributed by atoms with Crippen LogP contribution in [0.15, 0.2) is 34.1 Å². The van der Waals surface area contributed by atoms with Gasteiger partial charge in [0.1, 0.15) is 4.92 Å². The zero-order valence-corrected chi connectivity index (χ0v) is 8.60. The minimum atomic E-state index is -0.570. The van der Waals surface area contributed by atoms with Gasteiger partial charge in [-0.25, -0.2) is 4.98 Å². The van der Waals surface area contributed by atoms with E-state index in [-0.39, 0.29) is 5.88 Å². The maximum absolute atomic E-state index is 10.4. The lowest BCUT2D eigenvalue weighted by Crippen LogP contribution is -1.91. The SMILES string of the molecule is CSc1nccn1-c1ccc([N+](=O)[O-])o1. The molecule has 0 fully saturated rings. The van der Waals surface area contributed by atoms with Gasteiger partial charge in [-0.2, -0.15) is 0 Å². The summed E-state index contributed by atoms with van der Waals surface area (Å²) < 4.78 is 6.69. The largest absolute Gasteiger partial charge is 0.434 e. The van der Waals surface area contributed by atoms with Crippen LogP contribution in [0.3, 0.4) is 0 Å². The molecule has 0 aliphatic heterocycles. The molecule has 7 heteroatoms. The first kappa shape index (κ1) is 9.78. The molecule has 2 aromatic rings. The zero-order valence-electron chi connectivity index (χ0n) is 7.78. The fourth-order valence-corrected chi connectivity index (χ4v) is 1.67. The Hall–Kier alpha value is -1.76. The van der Waals surface area contributed by atoms with Crippen LogP contribution in [0.4, 0.5) is 5.88 Å². The Morgan fingerprint density at radius 3 is 3.00 bits per heavy atom. The lowest BCUT2D eigenvalue weighted by atomic mass is 10.6. The van der Waals surface area contributed by atoms with Crippen molar-refractivity contribution in [1.29, 1.82) is 0 Å². The third kappa shape index (κ3) is 1.73. The number of hydrogen-bond acceptors (Lipinski definition) is 5. The highest BCUT2D eigenvalue weighted by Gasteiger charge is 2.14. The summed E-state index contributed by atoms with van der Waals surface area (Å²) in [4.78, 5) is 13.9. The third-order valence-electron chi connectivity index (χ3n) is 1.78. The normalized spacial score (nSPS) is 10.5. The quantitative estimate of drug-likeness (QED) is 0.454. The van der Waals surface area contributed by atoms with E-state index in [0.717, 1.165) is 5.16 Å². The molecule has 0 N–H and O–H groups in total. The number of nitro groups is 1. The van der Waals surface area contributed by atoms with Crippen molar-refractivity contribution in [3.05, 3.63) is 34.6 Å². The van der Waals surface area contributed by atoms with Gasteiger partial charge in [-0.05, 0) is 6.26 Å². The van der Waals surface area contributed by atoms with Gasteiger partial charge in [-0.1, -0.05) is 11.8 Å². The zero-order chi connectivity index (χ0) is 10.8. The van der Waals surface area contributed by atoms with Gasteiger partial charge in [0.25, 0.3) is 0 Å². The molecule has 0 bridgehead atoms. The Bertz CT molecular complexity index is 491. The van der Waals surface area contributed by atoms with Crippen LogP contribution in [0.5, 0.6) is 0 Å². The van der Waals surface area contributed by atoms with Crippen molar-refractivity contribution in [1.82, 2.24) is 9.55 Å². The average Bonchev–Trinajstić information content (AvgIpc) is 2.85. The van der Waals surface area contributed by atoms with Crippen LogP contribution < -0.4 is 0 Å². The number of nitrogens with zero attached hydrogens (tertiary/aromatic N) is 3. The Kier molecular flexibility index (Phi) is 2.46. The molecule has 6 nitrogen and oxygen atoms in total. The summed E-state index contributed by atoms with van der Waals surface area (Å²) in [5.41, 5.74) is 0. The van der Waals surface area contributed by atoms with Crippen LogP contribution in [-0.4, -0.2) is 20.7 Å². The van der Waals surface area contributed by atoms with E-state index in [0.29, 0.717) is 5.88 Å². The first-order valence-electron chi connectivity index (χ1n) is 4.04. The van der Waals surface area contributed by atoms with Gasteiger partial charge >= 0.3 is 5.88 Å². The van der Waals surface area contributed by atoms with Gasteiger partial charge in [0.15, 0.2) is 5.16 Å². The van der Waals surface area contributed by atoms with Crippen molar-refractivity contribution in [3.8, 4) is 5.88 Å². The van der Waals surface area contributed by atoms with E-state index in [1.807, 2.05) is 6.26 Å². The third-order valence-corrected chi connectivity index (χ3v) is 2.45. The Morgan fingerprint density at radius 2 is 2.40 bits per heavy atom. The highest BCUT2D eigenvalue weighted by molar-refractivity contribution is 7.98. The number of hydrogen-bond donors (Lipinski definition) is 0. The molecule has 2 rings (SSSR count). The summed E-state index contributed by atoms with van der Waals surface area (Å²) >= 11 is 1.44. The minimum absolute atomic E-state index is 0.272. The summed E-state index contributed by atoms with van der Waals surface area (Å²) in [6.45, 7) is 0. The molecule has 0 atom stereocenters. The molecular formula is C8H7N3O3S. The second kappa shape index (κ2) is 3.77. The van der Waals surface area contributed by atoms with Crippen LogP contribution in [0.1, 0.15) is 0 Å².